The number of likely N-dealkylation sites (tertiary alicyclic amines) is 1. The van der Waals surface area contributed by atoms with Crippen molar-refractivity contribution < 1.29 is 4.79 Å². The van der Waals surface area contributed by atoms with Gasteiger partial charge < -0.3 is 4.90 Å². The lowest BCUT2D eigenvalue weighted by Gasteiger charge is -2.29. The second-order valence-corrected chi connectivity index (χ2v) is 5.81. The summed E-state index contributed by atoms with van der Waals surface area (Å²) < 4.78 is 0. The molecule has 0 bridgehead atoms. The fourth-order valence-electron chi connectivity index (χ4n) is 2.60. The van der Waals surface area contributed by atoms with E-state index in [2.05, 4.69) is 4.90 Å². The molecule has 1 aliphatic heterocycles. The van der Waals surface area contributed by atoms with E-state index in [1.165, 1.54) is 19.3 Å². The summed E-state index contributed by atoms with van der Waals surface area (Å²) >= 11 is 5.89. The van der Waals surface area contributed by atoms with Crippen LogP contribution in [-0.2, 0) is 11.3 Å². The van der Waals surface area contributed by atoms with Crippen LogP contribution < -0.4 is 0 Å². The van der Waals surface area contributed by atoms with Gasteiger partial charge in [-0.3, -0.25) is 9.69 Å². The van der Waals surface area contributed by atoms with Crippen molar-refractivity contribution in [3.8, 4) is 0 Å². The SMILES string of the molecule is CCN(Cc1ccc(Cl)cc1)C(=O)CN1CCCCC1. The summed E-state index contributed by atoms with van der Waals surface area (Å²) in [6, 6.07) is 7.72. The molecular weight excluding hydrogens is 272 g/mol. The van der Waals surface area contributed by atoms with Gasteiger partial charge in [-0.2, -0.15) is 0 Å². The predicted octanol–water partition coefficient (Wildman–Crippen LogP) is 3.17. The van der Waals surface area contributed by atoms with Crippen LogP contribution in [0.2, 0.25) is 5.02 Å². The number of hydrogen-bond acceptors (Lipinski definition) is 2. The third kappa shape index (κ3) is 4.50. The Hall–Kier alpha value is -1.06. The van der Waals surface area contributed by atoms with Crippen LogP contribution in [0.1, 0.15) is 31.7 Å². The van der Waals surface area contributed by atoms with Crippen LogP contribution in [0.5, 0.6) is 0 Å². The first-order chi connectivity index (χ1) is 9.69. The van der Waals surface area contributed by atoms with Crippen LogP contribution in [0.25, 0.3) is 0 Å². The van der Waals surface area contributed by atoms with Crippen LogP contribution in [0, 0.1) is 0 Å². The van der Waals surface area contributed by atoms with Gasteiger partial charge in [0.05, 0.1) is 6.54 Å². The number of rotatable bonds is 5. The molecule has 3 nitrogen and oxygen atoms in total. The van der Waals surface area contributed by atoms with Crippen LogP contribution >= 0.6 is 11.6 Å². The Morgan fingerprint density at radius 2 is 1.85 bits per heavy atom. The molecule has 0 N–H and O–H groups in total. The van der Waals surface area contributed by atoms with Crippen molar-refractivity contribution in [1.82, 2.24) is 9.80 Å². The highest BCUT2D eigenvalue weighted by Crippen LogP contribution is 2.13. The summed E-state index contributed by atoms with van der Waals surface area (Å²) in [5, 5.41) is 0.733. The second-order valence-electron chi connectivity index (χ2n) is 5.37. The van der Waals surface area contributed by atoms with E-state index in [1.807, 2.05) is 36.1 Å². The normalized spacial score (nSPS) is 16.1. The molecule has 1 aromatic carbocycles. The predicted molar refractivity (Wildman–Crippen MR) is 82.8 cm³/mol. The molecule has 0 unspecified atom stereocenters. The smallest absolute Gasteiger partial charge is 0.237 e. The monoisotopic (exact) mass is 294 g/mol. The van der Waals surface area contributed by atoms with Crippen molar-refractivity contribution >= 4 is 17.5 Å². The van der Waals surface area contributed by atoms with Crippen LogP contribution in [0.4, 0.5) is 0 Å². The molecule has 0 aliphatic carbocycles. The van der Waals surface area contributed by atoms with Crippen molar-refractivity contribution in [3.63, 3.8) is 0 Å². The molecule has 0 aromatic heterocycles. The molecule has 1 aromatic rings. The minimum absolute atomic E-state index is 0.226. The molecule has 0 atom stereocenters. The first kappa shape index (κ1) is 15.3. The highest BCUT2D eigenvalue weighted by Gasteiger charge is 2.18. The average Bonchev–Trinajstić information content (AvgIpc) is 2.47. The Labute approximate surface area is 126 Å². The third-order valence-electron chi connectivity index (χ3n) is 3.83. The van der Waals surface area contributed by atoms with E-state index in [1.54, 1.807) is 0 Å². The molecule has 1 saturated heterocycles. The van der Waals surface area contributed by atoms with E-state index in [9.17, 15) is 4.79 Å². The summed E-state index contributed by atoms with van der Waals surface area (Å²) in [6.45, 7) is 6.12. The molecule has 1 fully saturated rings. The summed E-state index contributed by atoms with van der Waals surface area (Å²) in [4.78, 5) is 16.6. The van der Waals surface area contributed by atoms with Crippen molar-refractivity contribution in [2.24, 2.45) is 0 Å². The highest BCUT2D eigenvalue weighted by molar-refractivity contribution is 6.30. The van der Waals surface area contributed by atoms with Gasteiger partial charge in [0.1, 0.15) is 0 Å². The third-order valence-corrected chi connectivity index (χ3v) is 4.08. The summed E-state index contributed by atoms with van der Waals surface area (Å²) in [5.74, 6) is 0.226. The van der Waals surface area contributed by atoms with Crippen molar-refractivity contribution in [1.29, 1.82) is 0 Å². The Bertz CT molecular complexity index is 427. The largest absolute Gasteiger partial charge is 0.338 e. The van der Waals surface area contributed by atoms with Crippen LogP contribution in [0.3, 0.4) is 0 Å². The molecule has 0 saturated carbocycles. The van der Waals surface area contributed by atoms with Gasteiger partial charge in [-0.15, -0.1) is 0 Å². The van der Waals surface area contributed by atoms with Crippen LogP contribution in [0.15, 0.2) is 24.3 Å². The van der Waals surface area contributed by atoms with E-state index in [4.69, 9.17) is 11.6 Å². The number of amides is 1. The van der Waals surface area contributed by atoms with Crippen LogP contribution in [-0.4, -0.2) is 41.9 Å². The number of hydrogen-bond donors (Lipinski definition) is 0. The standard InChI is InChI=1S/C16H23ClN2O/c1-2-19(12-14-6-8-15(17)9-7-14)16(20)13-18-10-4-3-5-11-18/h6-9H,2-5,10-13H2,1H3. The zero-order chi connectivity index (χ0) is 14.4. The summed E-state index contributed by atoms with van der Waals surface area (Å²) in [7, 11) is 0. The van der Waals surface area contributed by atoms with E-state index in [0.29, 0.717) is 13.1 Å². The molecule has 2 rings (SSSR count). The second kappa shape index (κ2) is 7.65. The fourth-order valence-corrected chi connectivity index (χ4v) is 2.72. The Morgan fingerprint density at radius 1 is 1.20 bits per heavy atom. The minimum atomic E-state index is 0.226. The Morgan fingerprint density at radius 3 is 2.45 bits per heavy atom. The maximum atomic E-state index is 12.4. The Balaban J connectivity index is 1.89. The summed E-state index contributed by atoms with van der Waals surface area (Å²) in [6.07, 6.45) is 3.74. The molecule has 0 radical (unpaired) electrons. The van der Waals surface area contributed by atoms with Crippen molar-refractivity contribution in [3.05, 3.63) is 34.9 Å². The number of carbonyl (C=O) groups is 1. The average molecular weight is 295 g/mol. The first-order valence-corrected chi connectivity index (χ1v) is 7.81. The van der Waals surface area contributed by atoms with E-state index < -0.39 is 0 Å². The van der Waals surface area contributed by atoms with E-state index >= 15 is 0 Å². The Kier molecular flexibility index (Phi) is 5.86. The van der Waals surface area contributed by atoms with Gasteiger partial charge in [0.25, 0.3) is 0 Å². The minimum Gasteiger partial charge on any atom is -0.338 e. The molecule has 110 valence electrons. The number of likely N-dealkylation sites (N-methyl/N-ethyl adjacent to an activating group) is 1. The number of halogens is 1. The topological polar surface area (TPSA) is 23.6 Å². The number of carbonyl (C=O) groups excluding carboxylic acids is 1. The molecule has 1 amide bonds. The van der Waals surface area contributed by atoms with Gasteiger partial charge in [-0.1, -0.05) is 30.2 Å². The van der Waals surface area contributed by atoms with Crippen molar-refractivity contribution in [2.45, 2.75) is 32.7 Å². The number of piperidine rings is 1. The zero-order valence-electron chi connectivity index (χ0n) is 12.1. The molecule has 4 heteroatoms. The van der Waals surface area contributed by atoms with Gasteiger partial charge in [0.2, 0.25) is 5.91 Å². The molecular formula is C16H23ClN2O. The molecule has 1 aliphatic rings. The maximum Gasteiger partial charge on any atom is 0.237 e. The van der Waals surface area contributed by atoms with Gasteiger partial charge in [-0.25, -0.2) is 0 Å². The summed E-state index contributed by atoms with van der Waals surface area (Å²) in [5.41, 5.74) is 1.13. The van der Waals surface area contributed by atoms with E-state index in [-0.39, 0.29) is 5.91 Å². The maximum absolute atomic E-state index is 12.4. The number of nitrogens with zero attached hydrogens (tertiary/aromatic N) is 2. The van der Waals surface area contributed by atoms with Gasteiger partial charge in [-0.05, 0) is 50.6 Å². The van der Waals surface area contributed by atoms with E-state index in [0.717, 1.165) is 30.2 Å². The molecule has 20 heavy (non-hydrogen) atoms. The van der Waals surface area contributed by atoms with Gasteiger partial charge in [0, 0.05) is 18.1 Å². The van der Waals surface area contributed by atoms with Gasteiger partial charge in [0.15, 0.2) is 0 Å². The quantitative estimate of drug-likeness (QED) is 0.833. The first-order valence-electron chi connectivity index (χ1n) is 7.43. The lowest BCUT2D eigenvalue weighted by molar-refractivity contribution is -0.133. The van der Waals surface area contributed by atoms with Crippen molar-refractivity contribution in [2.75, 3.05) is 26.2 Å². The lowest BCUT2D eigenvalue weighted by Crippen LogP contribution is -2.41. The van der Waals surface area contributed by atoms with Gasteiger partial charge >= 0.3 is 0 Å². The highest BCUT2D eigenvalue weighted by atomic mass is 35.5. The lowest BCUT2D eigenvalue weighted by atomic mass is 10.1. The zero-order valence-corrected chi connectivity index (χ0v) is 12.9. The fraction of sp³-hybridized carbons (Fsp3) is 0.562. The number of benzene rings is 1. The molecule has 0 spiro atoms. The molecule has 1 heterocycles.